The van der Waals surface area contributed by atoms with Crippen molar-refractivity contribution in [2.75, 3.05) is 20.1 Å². The van der Waals surface area contributed by atoms with Gasteiger partial charge in [-0.15, -0.1) is 0 Å². The minimum Gasteiger partial charge on any atom is -0.324 e. The fourth-order valence-electron chi connectivity index (χ4n) is 2.12. The number of nitrogens with zero attached hydrogens (tertiary/aromatic N) is 1. The van der Waals surface area contributed by atoms with E-state index in [1.165, 1.54) is 24.0 Å². The predicted molar refractivity (Wildman–Crippen MR) is 68.5 cm³/mol. The van der Waals surface area contributed by atoms with Crippen LogP contribution in [-0.4, -0.2) is 30.6 Å². The Morgan fingerprint density at radius 1 is 1.38 bits per heavy atom. The molecule has 0 aromatic heterocycles. The van der Waals surface area contributed by atoms with E-state index in [0.717, 1.165) is 19.5 Å². The lowest BCUT2D eigenvalue weighted by Gasteiger charge is -2.20. The van der Waals surface area contributed by atoms with Crippen molar-refractivity contribution < 1.29 is 0 Å². The van der Waals surface area contributed by atoms with Crippen molar-refractivity contribution in [2.45, 2.75) is 31.7 Å². The summed E-state index contributed by atoms with van der Waals surface area (Å²) in [7, 11) is 2.17. The van der Waals surface area contributed by atoms with E-state index in [9.17, 15) is 0 Å². The Hall–Kier alpha value is -0.860. The Labute approximate surface area is 98.4 Å². The summed E-state index contributed by atoms with van der Waals surface area (Å²) in [4.78, 5) is 2.36. The molecule has 0 bridgehead atoms. The monoisotopic (exact) mass is 218 g/mol. The first kappa shape index (κ1) is 11.6. The second-order valence-corrected chi connectivity index (χ2v) is 5.34. The molecule has 0 saturated heterocycles. The van der Waals surface area contributed by atoms with Crippen LogP contribution < -0.4 is 5.73 Å². The van der Waals surface area contributed by atoms with Crippen LogP contribution in [0.4, 0.5) is 0 Å². The zero-order valence-corrected chi connectivity index (χ0v) is 10.4. The van der Waals surface area contributed by atoms with E-state index < -0.39 is 0 Å². The maximum atomic E-state index is 6.10. The van der Waals surface area contributed by atoms with Gasteiger partial charge >= 0.3 is 0 Å². The van der Waals surface area contributed by atoms with Gasteiger partial charge in [0.25, 0.3) is 0 Å². The minimum absolute atomic E-state index is 0.140. The molecule has 16 heavy (non-hydrogen) atoms. The molecule has 0 heterocycles. The van der Waals surface area contributed by atoms with Gasteiger partial charge in [-0.2, -0.15) is 0 Å². The molecule has 0 aliphatic heterocycles. The van der Waals surface area contributed by atoms with E-state index in [2.05, 4.69) is 43.1 Å². The number of hydrogen-bond acceptors (Lipinski definition) is 2. The van der Waals surface area contributed by atoms with Gasteiger partial charge in [0, 0.05) is 18.6 Å². The molecule has 2 rings (SSSR count). The number of benzene rings is 1. The average Bonchev–Trinajstić information content (AvgIpc) is 2.93. The summed E-state index contributed by atoms with van der Waals surface area (Å²) in [6, 6.07) is 8.75. The fourth-order valence-corrected chi connectivity index (χ4v) is 2.12. The van der Waals surface area contributed by atoms with E-state index in [-0.39, 0.29) is 5.54 Å². The summed E-state index contributed by atoms with van der Waals surface area (Å²) in [6.07, 6.45) is 3.51. The van der Waals surface area contributed by atoms with Gasteiger partial charge in [-0.25, -0.2) is 0 Å². The molecule has 2 N–H and O–H groups in total. The molecule has 1 fully saturated rings. The van der Waals surface area contributed by atoms with Gasteiger partial charge in [0.1, 0.15) is 0 Å². The smallest absolute Gasteiger partial charge is 0.0284 e. The average molecular weight is 218 g/mol. The number of hydrogen-bond donors (Lipinski definition) is 1. The van der Waals surface area contributed by atoms with Crippen LogP contribution in [0, 0.1) is 6.92 Å². The third-order valence-electron chi connectivity index (χ3n) is 3.34. The molecule has 0 atom stereocenters. The van der Waals surface area contributed by atoms with Crippen molar-refractivity contribution in [1.29, 1.82) is 0 Å². The normalized spacial score (nSPS) is 17.8. The number of rotatable bonds is 5. The van der Waals surface area contributed by atoms with Gasteiger partial charge in [-0.05, 0) is 38.8 Å². The van der Waals surface area contributed by atoms with E-state index in [1.54, 1.807) is 0 Å². The van der Waals surface area contributed by atoms with Gasteiger partial charge in [-0.3, -0.25) is 0 Å². The lowest BCUT2D eigenvalue weighted by Crippen LogP contribution is -2.38. The molecule has 0 amide bonds. The van der Waals surface area contributed by atoms with Crippen LogP contribution in [0.5, 0.6) is 0 Å². The molecule has 0 unspecified atom stereocenters. The van der Waals surface area contributed by atoms with Gasteiger partial charge in [0.05, 0.1) is 0 Å². The molecule has 1 aliphatic carbocycles. The van der Waals surface area contributed by atoms with E-state index in [1.807, 2.05) is 0 Å². The molecule has 0 spiro atoms. The topological polar surface area (TPSA) is 29.3 Å². The maximum absolute atomic E-state index is 6.10. The molecular weight excluding hydrogens is 196 g/mol. The van der Waals surface area contributed by atoms with Crippen LogP contribution in [-0.2, 0) is 6.42 Å². The maximum Gasteiger partial charge on any atom is 0.0284 e. The molecule has 1 aliphatic rings. The lowest BCUT2D eigenvalue weighted by atomic mass is 10.1. The SMILES string of the molecule is Cc1cccc(CCN(C)CC2(N)CC2)c1. The van der Waals surface area contributed by atoms with Crippen LogP contribution >= 0.6 is 0 Å². The second kappa shape index (κ2) is 4.56. The summed E-state index contributed by atoms with van der Waals surface area (Å²) in [5.74, 6) is 0. The zero-order chi connectivity index (χ0) is 11.6. The highest BCUT2D eigenvalue weighted by Crippen LogP contribution is 2.32. The molecule has 1 saturated carbocycles. The second-order valence-electron chi connectivity index (χ2n) is 5.34. The van der Waals surface area contributed by atoms with Gasteiger partial charge in [0.15, 0.2) is 0 Å². The van der Waals surface area contributed by atoms with Crippen LogP contribution in [0.3, 0.4) is 0 Å². The molecule has 2 heteroatoms. The minimum atomic E-state index is 0.140. The van der Waals surface area contributed by atoms with E-state index in [4.69, 9.17) is 5.73 Å². The van der Waals surface area contributed by atoms with Gasteiger partial charge < -0.3 is 10.6 Å². The van der Waals surface area contributed by atoms with Crippen molar-refractivity contribution in [1.82, 2.24) is 4.90 Å². The first-order chi connectivity index (χ1) is 7.57. The first-order valence-corrected chi connectivity index (χ1v) is 6.10. The number of likely N-dealkylation sites (N-methyl/N-ethyl adjacent to an activating group) is 1. The summed E-state index contributed by atoms with van der Waals surface area (Å²) in [5.41, 5.74) is 9.01. The highest BCUT2D eigenvalue weighted by atomic mass is 15.1. The summed E-state index contributed by atoms with van der Waals surface area (Å²) in [6.45, 7) is 4.29. The Morgan fingerprint density at radius 2 is 2.12 bits per heavy atom. The zero-order valence-electron chi connectivity index (χ0n) is 10.4. The lowest BCUT2D eigenvalue weighted by molar-refractivity contribution is 0.306. The fraction of sp³-hybridized carbons (Fsp3) is 0.571. The molecular formula is C14H22N2. The van der Waals surface area contributed by atoms with E-state index >= 15 is 0 Å². The molecule has 2 nitrogen and oxygen atoms in total. The van der Waals surface area contributed by atoms with Crippen LogP contribution in [0.1, 0.15) is 24.0 Å². The summed E-state index contributed by atoms with van der Waals surface area (Å²) in [5, 5.41) is 0. The number of nitrogens with two attached hydrogens (primary N) is 1. The Balaban J connectivity index is 1.78. The Bertz CT molecular complexity index is 356. The number of aryl methyl sites for hydroxylation is 1. The Kier molecular flexibility index (Phi) is 3.31. The Morgan fingerprint density at radius 3 is 2.75 bits per heavy atom. The van der Waals surface area contributed by atoms with Crippen molar-refractivity contribution in [3.8, 4) is 0 Å². The highest BCUT2D eigenvalue weighted by Gasteiger charge is 2.38. The van der Waals surface area contributed by atoms with Gasteiger partial charge in [-0.1, -0.05) is 29.8 Å². The summed E-state index contributed by atoms with van der Waals surface area (Å²) >= 11 is 0. The largest absolute Gasteiger partial charge is 0.324 e. The van der Waals surface area contributed by atoms with Crippen molar-refractivity contribution in [2.24, 2.45) is 5.73 Å². The predicted octanol–water partition coefficient (Wildman–Crippen LogP) is 1.96. The first-order valence-electron chi connectivity index (χ1n) is 6.10. The molecule has 1 aromatic carbocycles. The van der Waals surface area contributed by atoms with Crippen LogP contribution in [0.15, 0.2) is 24.3 Å². The quantitative estimate of drug-likeness (QED) is 0.818. The van der Waals surface area contributed by atoms with Crippen LogP contribution in [0.2, 0.25) is 0 Å². The third kappa shape index (κ3) is 3.32. The molecule has 88 valence electrons. The van der Waals surface area contributed by atoms with Crippen molar-refractivity contribution in [3.63, 3.8) is 0 Å². The van der Waals surface area contributed by atoms with Crippen molar-refractivity contribution in [3.05, 3.63) is 35.4 Å². The van der Waals surface area contributed by atoms with Gasteiger partial charge in [0.2, 0.25) is 0 Å². The highest BCUT2D eigenvalue weighted by molar-refractivity contribution is 5.22. The third-order valence-corrected chi connectivity index (χ3v) is 3.34. The van der Waals surface area contributed by atoms with Crippen LogP contribution in [0.25, 0.3) is 0 Å². The van der Waals surface area contributed by atoms with Crippen molar-refractivity contribution >= 4 is 0 Å². The standard InChI is InChI=1S/C14H22N2/c1-12-4-3-5-13(10-12)6-9-16(2)11-14(15)7-8-14/h3-5,10H,6-9,11,15H2,1-2H3. The van der Waals surface area contributed by atoms with E-state index in [0.29, 0.717) is 0 Å². The summed E-state index contributed by atoms with van der Waals surface area (Å²) < 4.78 is 0. The molecule has 0 radical (unpaired) electrons. The molecule has 1 aromatic rings.